The first-order valence-electron chi connectivity index (χ1n) is 9.66. The van der Waals surface area contributed by atoms with Gasteiger partial charge in [-0.3, -0.25) is 4.79 Å². The number of hydrogen-bond donors (Lipinski definition) is 0. The Labute approximate surface area is 160 Å². The van der Waals surface area contributed by atoms with E-state index in [9.17, 15) is 9.18 Å². The second-order valence-electron chi connectivity index (χ2n) is 7.14. The van der Waals surface area contributed by atoms with E-state index in [2.05, 4.69) is 21.8 Å². The highest BCUT2D eigenvalue weighted by Gasteiger charge is 2.27. The fourth-order valence-corrected chi connectivity index (χ4v) is 3.47. The smallest absolute Gasteiger partial charge is 0.225 e. The van der Waals surface area contributed by atoms with Gasteiger partial charge in [-0.15, -0.1) is 0 Å². The number of unbranched alkanes of at least 4 members (excludes halogenated alkanes) is 1. The lowest BCUT2D eigenvalue weighted by atomic mass is 9.95. The largest absolute Gasteiger partial charge is 0.356 e. The van der Waals surface area contributed by atoms with Crippen molar-refractivity contribution in [2.75, 3.05) is 31.6 Å². The number of halogens is 1. The summed E-state index contributed by atoms with van der Waals surface area (Å²) in [5, 5.41) is 0. The van der Waals surface area contributed by atoms with Crippen molar-refractivity contribution in [2.45, 2.75) is 32.6 Å². The van der Waals surface area contributed by atoms with E-state index in [4.69, 9.17) is 0 Å². The number of anilines is 1. The Hall–Kier alpha value is -2.50. The van der Waals surface area contributed by atoms with Crippen LogP contribution in [0.3, 0.4) is 0 Å². The van der Waals surface area contributed by atoms with Crippen molar-refractivity contribution < 1.29 is 9.18 Å². The zero-order valence-electron chi connectivity index (χ0n) is 16.1. The molecule has 6 heteroatoms. The normalized spacial score (nSPS) is 15.0. The predicted octanol–water partition coefficient (Wildman–Crippen LogP) is 3.76. The van der Waals surface area contributed by atoms with Crippen LogP contribution in [0.4, 0.5) is 10.2 Å². The van der Waals surface area contributed by atoms with Crippen molar-refractivity contribution in [3.63, 3.8) is 0 Å². The van der Waals surface area contributed by atoms with Gasteiger partial charge in [-0.2, -0.15) is 0 Å². The minimum atomic E-state index is -0.260. The topological polar surface area (TPSA) is 49.3 Å². The molecule has 0 unspecified atom stereocenters. The summed E-state index contributed by atoms with van der Waals surface area (Å²) in [6.07, 6.45) is 5.37. The standard InChI is InChI=1S/C21H27FN4O/c1-3-4-11-25(2)21(27)17-9-12-26(13-10-17)20-14-19(23-15-24-20)16-5-7-18(22)8-6-16/h5-8,14-15,17H,3-4,9-13H2,1-2H3. The molecule has 0 atom stereocenters. The van der Waals surface area contributed by atoms with E-state index in [1.165, 1.54) is 12.1 Å². The monoisotopic (exact) mass is 370 g/mol. The Morgan fingerprint density at radius 2 is 1.93 bits per heavy atom. The average Bonchev–Trinajstić information content (AvgIpc) is 2.72. The van der Waals surface area contributed by atoms with E-state index in [-0.39, 0.29) is 17.6 Å². The van der Waals surface area contributed by atoms with Crippen molar-refractivity contribution in [1.29, 1.82) is 0 Å². The van der Waals surface area contributed by atoms with E-state index in [1.807, 2.05) is 18.0 Å². The molecule has 144 valence electrons. The Bertz CT molecular complexity index is 757. The maximum Gasteiger partial charge on any atom is 0.225 e. The van der Waals surface area contributed by atoms with Crippen molar-refractivity contribution >= 4 is 11.7 Å². The Kier molecular flexibility index (Phi) is 6.37. The summed E-state index contributed by atoms with van der Waals surface area (Å²) in [4.78, 5) is 25.3. The lowest BCUT2D eigenvalue weighted by Gasteiger charge is -2.34. The highest BCUT2D eigenvalue weighted by Crippen LogP contribution is 2.26. The van der Waals surface area contributed by atoms with Crippen molar-refractivity contribution in [3.8, 4) is 11.3 Å². The lowest BCUT2D eigenvalue weighted by molar-refractivity contribution is -0.134. The third-order valence-corrected chi connectivity index (χ3v) is 5.18. The molecule has 0 spiro atoms. The van der Waals surface area contributed by atoms with Gasteiger partial charge in [-0.25, -0.2) is 14.4 Å². The summed E-state index contributed by atoms with van der Waals surface area (Å²) in [6.45, 7) is 4.58. The number of carbonyl (C=O) groups excluding carboxylic acids is 1. The number of hydrogen-bond acceptors (Lipinski definition) is 4. The molecule has 1 amide bonds. The second kappa shape index (κ2) is 8.93. The number of carbonyl (C=O) groups is 1. The molecule has 1 aromatic carbocycles. The molecule has 1 fully saturated rings. The van der Waals surface area contributed by atoms with Gasteiger partial charge in [0.15, 0.2) is 0 Å². The highest BCUT2D eigenvalue weighted by atomic mass is 19.1. The average molecular weight is 370 g/mol. The summed E-state index contributed by atoms with van der Waals surface area (Å²) < 4.78 is 13.1. The molecule has 0 bridgehead atoms. The number of rotatable bonds is 6. The fraction of sp³-hybridized carbons (Fsp3) is 0.476. The van der Waals surface area contributed by atoms with Gasteiger partial charge in [-0.05, 0) is 43.5 Å². The van der Waals surface area contributed by atoms with Crippen molar-refractivity contribution in [2.24, 2.45) is 5.92 Å². The molecule has 1 saturated heterocycles. The Balaban J connectivity index is 1.62. The molecular weight excluding hydrogens is 343 g/mol. The third-order valence-electron chi connectivity index (χ3n) is 5.18. The molecule has 2 heterocycles. The summed E-state index contributed by atoms with van der Waals surface area (Å²) in [5.74, 6) is 0.956. The molecular formula is C21H27FN4O. The molecule has 1 aliphatic heterocycles. The van der Waals surface area contributed by atoms with Gasteiger partial charge in [-0.1, -0.05) is 13.3 Å². The van der Waals surface area contributed by atoms with Gasteiger partial charge in [0.2, 0.25) is 5.91 Å². The molecule has 1 aromatic heterocycles. The fourth-order valence-electron chi connectivity index (χ4n) is 3.47. The van der Waals surface area contributed by atoms with Crippen molar-refractivity contribution in [1.82, 2.24) is 14.9 Å². The molecule has 0 aliphatic carbocycles. The molecule has 5 nitrogen and oxygen atoms in total. The summed E-state index contributed by atoms with van der Waals surface area (Å²) in [7, 11) is 1.91. The highest BCUT2D eigenvalue weighted by molar-refractivity contribution is 5.79. The Morgan fingerprint density at radius 1 is 1.22 bits per heavy atom. The molecule has 3 rings (SSSR count). The molecule has 0 radical (unpaired) electrons. The van der Waals surface area contributed by atoms with E-state index in [1.54, 1.807) is 18.5 Å². The van der Waals surface area contributed by atoms with Gasteiger partial charge >= 0.3 is 0 Å². The Morgan fingerprint density at radius 3 is 2.59 bits per heavy atom. The number of aromatic nitrogens is 2. The minimum Gasteiger partial charge on any atom is -0.356 e. The van der Waals surface area contributed by atoms with E-state index in [0.29, 0.717) is 0 Å². The third kappa shape index (κ3) is 4.81. The van der Waals surface area contributed by atoms with Crippen LogP contribution in [0.25, 0.3) is 11.3 Å². The minimum absolute atomic E-state index is 0.0986. The first-order chi connectivity index (χ1) is 13.1. The zero-order valence-corrected chi connectivity index (χ0v) is 16.1. The van der Waals surface area contributed by atoms with Gasteiger partial charge < -0.3 is 9.80 Å². The van der Waals surface area contributed by atoms with E-state index in [0.717, 1.165) is 62.4 Å². The van der Waals surface area contributed by atoms with Crippen LogP contribution in [-0.4, -0.2) is 47.5 Å². The molecule has 27 heavy (non-hydrogen) atoms. The van der Waals surface area contributed by atoms with Crippen LogP contribution in [0.2, 0.25) is 0 Å². The molecule has 2 aromatic rings. The van der Waals surface area contributed by atoms with Crippen LogP contribution in [0.5, 0.6) is 0 Å². The quantitative estimate of drug-likeness (QED) is 0.777. The summed E-state index contributed by atoms with van der Waals surface area (Å²) in [5.41, 5.74) is 1.64. The number of piperidine rings is 1. The van der Waals surface area contributed by atoms with Gasteiger partial charge in [0.1, 0.15) is 18.0 Å². The van der Waals surface area contributed by atoms with Crippen LogP contribution >= 0.6 is 0 Å². The maximum absolute atomic E-state index is 13.1. The van der Waals surface area contributed by atoms with Crippen LogP contribution in [0, 0.1) is 11.7 Å². The number of amides is 1. The lowest BCUT2D eigenvalue weighted by Crippen LogP contribution is -2.41. The zero-order chi connectivity index (χ0) is 19.2. The summed E-state index contributed by atoms with van der Waals surface area (Å²) >= 11 is 0. The predicted molar refractivity (Wildman–Crippen MR) is 105 cm³/mol. The van der Waals surface area contributed by atoms with Crippen LogP contribution < -0.4 is 4.90 Å². The second-order valence-corrected chi connectivity index (χ2v) is 7.14. The number of benzene rings is 1. The van der Waals surface area contributed by atoms with E-state index >= 15 is 0 Å². The SMILES string of the molecule is CCCCN(C)C(=O)C1CCN(c2cc(-c3ccc(F)cc3)ncn2)CC1. The van der Waals surface area contributed by atoms with Gasteiger partial charge in [0.05, 0.1) is 5.69 Å². The van der Waals surface area contributed by atoms with Gasteiger partial charge in [0.25, 0.3) is 0 Å². The van der Waals surface area contributed by atoms with Crippen LogP contribution in [-0.2, 0) is 4.79 Å². The molecule has 0 N–H and O–H groups in total. The number of nitrogens with zero attached hydrogens (tertiary/aromatic N) is 4. The molecule has 0 saturated carbocycles. The maximum atomic E-state index is 13.1. The molecule has 1 aliphatic rings. The first kappa shape index (κ1) is 19.3. The van der Waals surface area contributed by atoms with Crippen LogP contribution in [0.15, 0.2) is 36.7 Å². The first-order valence-corrected chi connectivity index (χ1v) is 9.66. The van der Waals surface area contributed by atoms with Crippen LogP contribution in [0.1, 0.15) is 32.6 Å². The van der Waals surface area contributed by atoms with E-state index < -0.39 is 0 Å². The van der Waals surface area contributed by atoms with Gasteiger partial charge in [0, 0.05) is 44.2 Å². The summed E-state index contributed by atoms with van der Waals surface area (Å²) in [6, 6.07) is 8.24. The van der Waals surface area contributed by atoms with Crippen molar-refractivity contribution in [3.05, 3.63) is 42.5 Å².